The minimum absolute atomic E-state index is 0.0403. The summed E-state index contributed by atoms with van der Waals surface area (Å²) < 4.78 is 9.59. The van der Waals surface area contributed by atoms with Crippen LogP contribution in [-0.4, -0.2) is 46.4 Å². The van der Waals surface area contributed by atoms with Gasteiger partial charge >= 0.3 is 17.9 Å². The number of carbonyl (C=O) groups excluding carboxylic acids is 2. The highest BCUT2D eigenvalue weighted by Gasteiger charge is 2.56. The van der Waals surface area contributed by atoms with Crippen molar-refractivity contribution < 1.29 is 34.1 Å². The number of cyclic esters (lactones) is 1. The molecule has 0 aromatic heterocycles. The summed E-state index contributed by atoms with van der Waals surface area (Å²) >= 11 is 0. The number of hydrogen-bond donors (Lipinski definition) is 2. The zero-order valence-electron chi connectivity index (χ0n) is 13.8. The highest BCUT2D eigenvalue weighted by Crippen LogP contribution is 2.35. The van der Waals surface area contributed by atoms with Crippen LogP contribution in [0.5, 0.6) is 0 Å². The lowest BCUT2D eigenvalue weighted by atomic mass is 9.93. The van der Waals surface area contributed by atoms with Gasteiger partial charge in [0.1, 0.15) is 0 Å². The topological polar surface area (TPSA) is 110 Å². The average molecular weight is 356 g/mol. The number of ether oxygens (including phenoxy) is 2. The number of hydrogen-bond acceptors (Lipinski definition) is 6. The summed E-state index contributed by atoms with van der Waals surface area (Å²) in [5.74, 6) is -3.79. The fourth-order valence-corrected chi connectivity index (χ4v) is 2.82. The number of carboxylic acid groups (broad SMARTS) is 1. The van der Waals surface area contributed by atoms with E-state index < -0.39 is 29.6 Å². The molecule has 2 N–H and O–H groups in total. The second-order valence-electron chi connectivity index (χ2n) is 5.76. The number of esters is 2. The van der Waals surface area contributed by atoms with E-state index >= 15 is 0 Å². The molecule has 0 saturated carbocycles. The van der Waals surface area contributed by atoms with Crippen LogP contribution in [0.15, 0.2) is 48.5 Å². The summed E-state index contributed by atoms with van der Waals surface area (Å²) in [6.45, 7) is 1.45. The lowest BCUT2D eigenvalue weighted by Crippen LogP contribution is -2.53. The van der Waals surface area contributed by atoms with Gasteiger partial charge in [-0.2, -0.15) is 0 Å². The molecule has 1 aliphatic heterocycles. The SMILES string of the molecule is CCOC(=O)C(O)C1(C(=O)O)C=C(c2ccc3ccccc3c2)C(=O)O1. The molecule has 0 saturated heterocycles. The lowest BCUT2D eigenvalue weighted by Gasteiger charge is -2.25. The molecule has 7 heteroatoms. The predicted molar refractivity (Wildman–Crippen MR) is 91.0 cm³/mol. The Labute approximate surface area is 148 Å². The van der Waals surface area contributed by atoms with E-state index in [0.29, 0.717) is 5.56 Å². The third-order valence-electron chi connectivity index (χ3n) is 4.15. The Kier molecular flexibility index (Phi) is 4.48. The van der Waals surface area contributed by atoms with E-state index in [1.54, 1.807) is 18.2 Å². The van der Waals surface area contributed by atoms with E-state index in [1.807, 2.05) is 24.3 Å². The van der Waals surface area contributed by atoms with E-state index in [9.17, 15) is 24.6 Å². The fraction of sp³-hybridized carbons (Fsp3) is 0.211. The first kappa shape index (κ1) is 17.6. The van der Waals surface area contributed by atoms with Crippen LogP contribution in [-0.2, 0) is 23.9 Å². The molecule has 7 nitrogen and oxygen atoms in total. The molecule has 2 aromatic carbocycles. The number of aliphatic hydroxyl groups excluding tert-OH is 1. The van der Waals surface area contributed by atoms with Crippen LogP contribution in [0.2, 0.25) is 0 Å². The molecular formula is C19H16O7. The van der Waals surface area contributed by atoms with E-state index in [2.05, 4.69) is 4.74 Å². The maximum absolute atomic E-state index is 12.3. The molecule has 0 bridgehead atoms. The Balaban J connectivity index is 2.07. The number of carbonyl (C=O) groups is 3. The molecule has 2 aromatic rings. The molecule has 0 radical (unpaired) electrons. The summed E-state index contributed by atoms with van der Waals surface area (Å²) in [5, 5.41) is 21.5. The Morgan fingerprint density at radius 2 is 1.88 bits per heavy atom. The second kappa shape index (κ2) is 6.61. The summed E-state index contributed by atoms with van der Waals surface area (Å²) in [6, 6.07) is 12.6. The number of benzene rings is 2. The van der Waals surface area contributed by atoms with Crippen molar-refractivity contribution in [3.63, 3.8) is 0 Å². The van der Waals surface area contributed by atoms with Crippen LogP contribution in [0.4, 0.5) is 0 Å². The van der Waals surface area contributed by atoms with Crippen LogP contribution in [0.1, 0.15) is 12.5 Å². The Morgan fingerprint density at radius 3 is 2.54 bits per heavy atom. The van der Waals surface area contributed by atoms with E-state index in [4.69, 9.17) is 4.74 Å². The first-order valence-electron chi connectivity index (χ1n) is 7.92. The monoisotopic (exact) mass is 356 g/mol. The second-order valence-corrected chi connectivity index (χ2v) is 5.76. The summed E-state index contributed by atoms with van der Waals surface area (Å²) in [6.07, 6.45) is -1.22. The molecule has 0 fully saturated rings. The van der Waals surface area contributed by atoms with Crippen molar-refractivity contribution in [1.82, 2.24) is 0 Å². The van der Waals surface area contributed by atoms with Gasteiger partial charge in [-0.3, -0.25) is 0 Å². The molecular weight excluding hydrogens is 340 g/mol. The van der Waals surface area contributed by atoms with Crippen LogP contribution >= 0.6 is 0 Å². The van der Waals surface area contributed by atoms with E-state index in [1.165, 1.54) is 6.92 Å². The van der Waals surface area contributed by atoms with Gasteiger partial charge in [-0.05, 0) is 35.4 Å². The van der Waals surface area contributed by atoms with Crippen molar-refractivity contribution in [1.29, 1.82) is 0 Å². The molecule has 134 valence electrons. The third kappa shape index (κ3) is 2.82. The molecule has 3 rings (SSSR count). The Bertz CT molecular complexity index is 930. The van der Waals surface area contributed by atoms with Gasteiger partial charge in [0, 0.05) is 0 Å². The standard InChI is InChI=1S/C19H16O7/c1-2-25-17(22)15(20)19(18(23)24)10-14(16(21)26-19)13-8-7-11-5-3-4-6-12(11)9-13/h3-10,15,20H,2H2,1H3,(H,23,24). The zero-order valence-corrected chi connectivity index (χ0v) is 13.8. The summed E-state index contributed by atoms with van der Waals surface area (Å²) in [5.41, 5.74) is -2.14. The highest BCUT2D eigenvalue weighted by atomic mass is 16.6. The smallest absolute Gasteiger partial charge is 0.355 e. The molecule has 1 heterocycles. The lowest BCUT2D eigenvalue weighted by molar-refractivity contribution is -0.187. The normalized spacial score (nSPS) is 20.4. The van der Waals surface area contributed by atoms with Crippen molar-refractivity contribution in [2.45, 2.75) is 18.6 Å². The first-order valence-corrected chi connectivity index (χ1v) is 7.92. The first-order chi connectivity index (χ1) is 12.4. The van der Waals surface area contributed by atoms with Crippen LogP contribution in [0.25, 0.3) is 16.3 Å². The predicted octanol–water partition coefficient (Wildman–Crippen LogP) is 1.53. The van der Waals surface area contributed by atoms with Gasteiger partial charge in [0.2, 0.25) is 6.10 Å². The minimum Gasteiger partial charge on any atom is -0.478 e. The summed E-state index contributed by atoms with van der Waals surface area (Å²) in [4.78, 5) is 35.8. The van der Waals surface area contributed by atoms with Crippen LogP contribution in [0.3, 0.4) is 0 Å². The number of aliphatic hydroxyl groups is 1. The number of carboxylic acids is 1. The van der Waals surface area contributed by atoms with Gasteiger partial charge in [-0.1, -0.05) is 36.4 Å². The number of aliphatic carboxylic acids is 1. The van der Waals surface area contributed by atoms with Gasteiger partial charge in [0.15, 0.2) is 0 Å². The van der Waals surface area contributed by atoms with Gasteiger partial charge in [-0.15, -0.1) is 0 Å². The molecule has 26 heavy (non-hydrogen) atoms. The van der Waals surface area contributed by atoms with Gasteiger partial charge < -0.3 is 19.7 Å². The molecule has 0 amide bonds. The summed E-state index contributed by atoms with van der Waals surface area (Å²) in [7, 11) is 0. The average Bonchev–Trinajstić information content (AvgIpc) is 2.99. The van der Waals surface area contributed by atoms with Gasteiger partial charge in [0.05, 0.1) is 12.2 Å². The fourth-order valence-electron chi connectivity index (χ4n) is 2.82. The van der Waals surface area contributed by atoms with E-state index in [-0.39, 0.29) is 12.2 Å². The van der Waals surface area contributed by atoms with Gasteiger partial charge in [-0.25, -0.2) is 14.4 Å². The van der Waals surface area contributed by atoms with Crippen LogP contribution < -0.4 is 0 Å². The third-order valence-corrected chi connectivity index (χ3v) is 4.15. The van der Waals surface area contributed by atoms with Crippen molar-refractivity contribution in [3.05, 3.63) is 54.1 Å². The quantitative estimate of drug-likeness (QED) is 0.782. The maximum atomic E-state index is 12.3. The van der Waals surface area contributed by atoms with Crippen LogP contribution in [0, 0.1) is 0 Å². The van der Waals surface area contributed by atoms with E-state index in [0.717, 1.165) is 16.8 Å². The van der Waals surface area contributed by atoms with Crippen molar-refractivity contribution >= 4 is 34.3 Å². The van der Waals surface area contributed by atoms with Crippen molar-refractivity contribution in [2.24, 2.45) is 0 Å². The van der Waals surface area contributed by atoms with Crippen molar-refractivity contribution in [3.8, 4) is 0 Å². The number of rotatable bonds is 5. The van der Waals surface area contributed by atoms with Crippen molar-refractivity contribution in [2.75, 3.05) is 6.61 Å². The molecule has 0 aliphatic carbocycles. The zero-order chi connectivity index (χ0) is 18.9. The molecule has 2 atom stereocenters. The number of fused-ring (bicyclic) bond motifs is 1. The Hall–Kier alpha value is -3.19. The minimum atomic E-state index is -2.52. The molecule has 2 unspecified atom stereocenters. The highest BCUT2D eigenvalue weighted by molar-refractivity contribution is 6.22. The largest absolute Gasteiger partial charge is 0.478 e. The Morgan fingerprint density at radius 1 is 1.19 bits per heavy atom. The maximum Gasteiger partial charge on any atom is 0.355 e. The van der Waals surface area contributed by atoms with Gasteiger partial charge in [0.25, 0.3) is 5.60 Å². The molecule has 1 aliphatic rings. The molecule has 0 spiro atoms.